The third-order valence-electron chi connectivity index (χ3n) is 5.02. The Balaban J connectivity index is 1.52. The summed E-state index contributed by atoms with van der Waals surface area (Å²) in [6.07, 6.45) is 0. The molecular formula is C23H20FN3O5S. The second-order valence-electron chi connectivity index (χ2n) is 7.41. The van der Waals surface area contributed by atoms with E-state index in [9.17, 15) is 22.4 Å². The van der Waals surface area contributed by atoms with Gasteiger partial charge >= 0.3 is 5.76 Å². The lowest BCUT2D eigenvalue weighted by Gasteiger charge is -2.08. The Labute approximate surface area is 188 Å². The number of hydrogen-bond acceptors (Lipinski definition) is 5. The van der Waals surface area contributed by atoms with Crippen molar-refractivity contribution in [3.63, 3.8) is 0 Å². The summed E-state index contributed by atoms with van der Waals surface area (Å²) in [5.41, 5.74) is 1.76. The number of aryl methyl sites for hydroxylation is 1. The molecule has 0 radical (unpaired) electrons. The number of anilines is 1. The third kappa shape index (κ3) is 5.02. The third-order valence-corrected chi connectivity index (χ3v) is 6.42. The molecule has 0 fully saturated rings. The highest BCUT2D eigenvalue weighted by Gasteiger charge is 2.19. The summed E-state index contributed by atoms with van der Waals surface area (Å²) in [6, 6.07) is 17.2. The Kier molecular flexibility index (Phi) is 6.12. The molecule has 0 bridgehead atoms. The molecule has 33 heavy (non-hydrogen) atoms. The van der Waals surface area contributed by atoms with Crippen LogP contribution in [0.25, 0.3) is 11.1 Å². The zero-order valence-electron chi connectivity index (χ0n) is 17.5. The van der Waals surface area contributed by atoms with E-state index in [0.29, 0.717) is 5.56 Å². The van der Waals surface area contributed by atoms with Crippen LogP contribution in [0.15, 0.2) is 80.8 Å². The maximum Gasteiger partial charge on any atom is 0.420 e. The summed E-state index contributed by atoms with van der Waals surface area (Å²) < 4.78 is 47.7. The fourth-order valence-electron chi connectivity index (χ4n) is 3.24. The predicted octanol–water partition coefficient (Wildman–Crippen LogP) is 3.16. The van der Waals surface area contributed by atoms with Crippen molar-refractivity contribution in [3.05, 3.63) is 94.2 Å². The number of amides is 1. The average Bonchev–Trinajstić information content (AvgIpc) is 3.10. The van der Waals surface area contributed by atoms with Gasteiger partial charge in [0.15, 0.2) is 5.58 Å². The number of aromatic nitrogens is 1. The van der Waals surface area contributed by atoms with Crippen LogP contribution in [0.2, 0.25) is 0 Å². The summed E-state index contributed by atoms with van der Waals surface area (Å²) >= 11 is 0. The molecule has 2 N–H and O–H groups in total. The van der Waals surface area contributed by atoms with Crippen LogP contribution in [0.5, 0.6) is 0 Å². The van der Waals surface area contributed by atoms with Crippen molar-refractivity contribution in [1.29, 1.82) is 0 Å². The first kappa shape index (κ1) is 22.4. The van der Waals surface area contributed by atoms with Crippen LogP contribution in [0, 0.1) is 12.7 Å². The molecule has 0 saturated heterocycles. The summed E-state index contributed by atoms with van der Waals surface area (Å²) in [7, 11) is -3.86. The van der Waals surface area contributed by atoms with Crippen molar-refractivity contribution in [2.24, 2.45) is 0 Å². The largest absolute Gasteiger partial charge is 0.420 e. The minimum Gasteiger partial charge on any atom is -0.408 e. The Bertz CT molecular complexity index is 1490. The number of oxazole rings is 1. The van der Waals surface area contributed by atoms with Gasteiger partial charge in [-0.3, -0.25) is 9.36 Å². The van der Waals surface area contributed by atoms with Gasteiger partial charge in [0.25, 0.3) is 0 Å². The number of fused-ring (bicyclic) bond motifs is 1. The normalized spacial score (nSPS) is 11.6. The molecule has 0 atom stereocenters. The predicted molar refractivity (Wildman–Crippen MR) is 121 cm³/mol. The lowest BCUT2D eigenvalue weighted by molar-refractivity contribution is -0.116. The van der Waals surface area contributed by atoms with E-state index in [1.807, 2.05) is 6.07 Å². The topological polar surface area (TPSA) is 110 Å². The lowest BCUT2D eigenvalue weighted by atomic mass is 10.2. The molecule has 1 aromatic heterocycles. The number of sulfonamides is 1. The Morgan fingerprint density at radius 1 is 1.06 bits per heavy atom. The molecule has 1 amide bonds. The van der Waals surface area contributed by atoms with Gasteiger partial charge in [-0.1, -0.05) is 36.4 Å². The Morgan fingerprint density at radius 3 is 2.55 bits per heavy atom. The summed E-state index contributed by atoms with van der Waals surface area (Å²) in [4.78, 5) is 24.6. The first-order valence-electron chi connectivity index (χ1n) is 9.96. The number of hydrogen-bond donors (Lipinski definition) is 2. The molecule has 4 aromatic rings. The van der Waals surface area contributed by atoms with E-state index in [0.717, 1.165) is 10.1 Å². The first-order valence-corrected chi connectivity index (χ1v) is 11.4. The van der Waals surface area contributed by atoms with Crippen LogP contribution in [0.4, 0.5) is 10.1 Å². The number of nitrogens with one attached hydrogen (secondary N) is 2. The van der Waals surface area contributed by atoms with Gasteiger partial charge in [0, 0.05) is 18.3 Å². The number of carbonyl (C=O) groups excluding carboxylic acids is 1. The van der Waals surface area contributed by atoms with Gasteiger partial charge in [-0.05, 0) is 42.3 Å². The van der Waals surface area contributed by atoms with Crippen molar-refractivity contribution in [3.8, 4) is 0 Å². The van der Waals surface area contributed by atoms with Gasteiger partial charge in [0.1, 0.15) is 12.4 Å². The quantitative estimate of drug-likeness (QED) is 0.432. The minimum absolute atomic E-state index is 0.0248. The van der Waals surface area contributed by atoms with Gasteiger partial charge in [-0.25, -0.2) is 22.3 Å². The van der Waals surface area contributed by atoms with Crippen molar-refractivity contribution in [1.82, 2.24) is 9.29 Å². The van der Waals surface area contributed by atoms with Crippen molar-refractivity contribution in [2.45, 2.75) is 24.9 Å². The van der Waals surface area contributed by atoms with E-state index in [1.54, 1.807) is 37.3 Å². The lowest BCUT2D eigenvalue weighted by Crippen LogP contribution is -2.25. The highest BCUT2D eigenvalue weighted by molar-refractivity contribution is 7.89. The molecule has 0 aliphatic heterocycles. The Morgan fingerprint density at radius 2 is 1.82 bits per heavy atom. The molecule has 0 spiro atoms. The van der Waals surface area contributed by atoms with Crippen LogP contribution in [0.1, 0.15) is 11.1 Å². The second kappa shape index (κ2) is 9.00. The fourth-order valence-corrected chi connectivity index (χ4v) is 4.27. The highest BCUT2D eigenvalue weighted by Crippen LogP contribution is 2.19. The van der Waals surface area contributed by atoms with E-state index in [4.69, 9.17) is 4.42 Å². The maximum atomic E-state index is 13.7. The molecule has 1 heterocycles. The van der Waals surface area contributed by atoms with Gasteiger partial charge in [0.2, 0.25) is 15.9 Å². The molecular weight excluding hydrogens is 449 g/mol. The molecule has 4 rings (SSSR count). The van der Waals surface area contributed by atoms with E-state index >= 15 is 0 Å². The minimum atomic E-state index is -3.86. The zero-order chi connectivity index (χ0) is 23.6. The monoisotopic (exact) mass is 469 g/mol. The second-order valence-corrected chi connectivity index (χ2v) is 9.17. The molecule has 0 aliphatic rings. The number of benzene rings is 3. The Hall–Kier alpha value is -3.76. The van der Waals surface area contributed by atoms with Gasteiger partial charge < -0.3 is 9.73 Å². The van der Waals surface area contributed by atoms with Gasteiger partial charge in [-0.2, -0.15) is 0 Å². The van der Waals surface area contributed by atoms with Crippen LogP contribution >= 0.6 is 0 Å². The van der Waals surface area contributed by atoms with E-state index < -0.39 is 27.5 Å². The van der Waals surface area contributed by atoms with E-state index in [2.05, 4.69) is 10.0 Å². The van der Waals surface area contributed by atoms with Crippen molar-refractivity contribution < 1.29 is 22.0 Å². The standard InChI is InChI=1S/C23H20FN3O5S/c1-15-7-8-17(11-19(15)24)26-22(28)14-27-20-10-9-18(12-21(20)32-23(27)29)33(30,31)25-13-16-5-3-2-4-6-16/h2-12,25H,13-14H2,1H3,(H,26,28). The number of nitrogens with zero attached hydrogens (tertiary/aromatic N) is 1. The SMILES string of the molecule is Cc1ccc(NC(=O)Cn2c(=O)oc3cc(S(=O)(=O)NCc4ccccc4)ccc32)cc1F. The zero-order valence-corrected chi connectivity index (χ0v) is 18.4. The molecule has 10 heteroatoms. The van der Waals surface area contributed by atoms with Crippen molar-refractivity contribution >= 4 is 32.7 Å². The van der Waals surface area contributed by atoms with E-state index in [-0.39, 0.29) is 34.8 Å². The highest BCUT2D eigenvalue weighted by atomic mass is 32.2. The first-order chi connectivity index (χ1) is 15.7. The number of halogens is 1. The van der Waals surface area contributed by atoms with Crippen LogP contribution in [0.3, 0.4) is 0 Å². The molecule has 0 aliphatic carbocycles. The number of rotatable bonds is 7. The summed E-state index contributed by atoms with van der Waals surface area (Å²) in [5, 5.41) is 2.52. The van der Waals surface area contributed by atoms with Crippen LogP contribution in [-0.4, -0.2) is 18.9 Å². The summed E-state index contributed by atoms with van der Waals surface area (Å²) in [5.74, 6) is -1.85. The summed E-state index contributed by atoms with van der Waals surface area (Å²) in [6.45, 7) is 1.31. The molecule has 3 aromatic carbocycles. The molecule has 0 saturated carbocycles. The van der Waals surface area contributed by atoms with Gasteiger partial charge in [0.05, 0.1) is 10.4 Å². The number of carbonyl (C=O) groups is 1. The fraction of sp³-hybridized carbons (Fsp3) is 0.130. The average molecular weight is 469 g/mol. The van der Waals surface area contributed by atoms with Crippen LogP contribution in [-0.2, 0) is 27.9 Å². The maximum absolute atomic E-state index is 13.7. The van der Waals surface area contributed by atoms with E-state index in [1.165, 1.54) is 30.3 Å². The smallest absolute Gasteiger partial charge is 0.408 e. The van der Waals surface area contributed by atoms with Crippen molar-refractivity contribution in [2.75, 3.05) is 5.32 Å². The molecule has 8 nitrogen and oxygen atoms in total. The molecule has 170 valence electrons. The molecule has 0 unspecified atom stereocenters. The van der Waals surface area contributed by atoms with Crippen LogP contribution < -0.4 is 15.8 Å². The van der Waals surface area contributed by atoms with Gasteiger partial charge in [-0.15, -0.1) is 0 Å².